The van der Waals surface area contributed by atoms with Crippen molar-refractivity contribution < 1.29 is 4.79 Å². The van der Waals surface area contributed by atoms with Crippen molar-refractivity contribution >= 4 is 22.9 Å². The molecule has 8 heteroatoms. The van der Waals surface area contributed by atoms with E-state index in [1.54, 1.807) is 0 Å². The summed E-state index contributed by atoms with van der Waals surface area (Å²) in [6.07, 6.45) is 2.11. The van der Waals surface area contributed by atoms with Gasteiger partial charge in [-0.25, -0.2) is 4.98 Å². The van der Waals surface area contributed by atoms with Crippen LogP contribution in [0.5, 0.6) is 0 Å². The maximum atomic E-state index is 12.1. The number of nitrogens with two attached hydrogens (primary N) is 1. The zero-order valence-corrected chi connectivity index (χ0v) is 12.9. The van der Waals surface area contributed by atoms with E-state index in [2.05, 4.69) is 20.5 Å². The van der Waals surface area contributed by atoms with Gasteiger partial charge in [-0.05, 0) is 19.1 Å². The van der Waals surface area contributed by atoms with E-state index in [4.69, 9.17) is 5.73 Å². The summed E-state index contributed by atoms with van der Waals surface area (Å²) in [5.41, 5.74) is 7.01. The number of nitrogens with one attached hydrogen (secondary N) is 1. The summed E-state index contributed by atoms with van der Waals surface area (Å²) in [6, 6.07) is 5.43. The number of nitrogens with zero attached hydrogens (tertiary/aromatic N) is 4. The van der Waals surface area contributed by atoms with Gasteiger partial charge in [-0.2, -0.15) is 0 Å². The average molecular weight is 316 g/mol. The van der Waals surface area contributed by atoms with Crippen molar-refractivity contribution in [2.75, 3.05) is 0 Å². The van der Waals surface area contributed by atoms with Crippen LogP contribution in [0.25, 0.3) is 5.65 Å². The number of thiazole rings is 1. The van der Waals surface area contributed by atoms with Crippen molar-refractivity contribution in [2.45, 2.75) is 25.9 Å². The number of carbonyl (C=O) groups excluding carboxylic acids is 1. The minimum atomic E-state index is -0.238. The monoisotopic (exact) mass is 316 g/mol. The van der Waals surface area contributed by atoms with Gasteiger partial charge in [0, 0.05) is 18.1 Å². The molecule has 0 aromatic carbocycles. The molecule has 1 amide bonds. The van der Waals surface area contributed by atoms with Gasteiger partial charge < -0.3 is 11.1 Å². The fourth-order valence-corrected chi connectivity index (χ4v) is 2.87. The Balaban J connectivity index is 1.68. The molecule has 0 spiro atoms. The van der Waals surface area contributed by atoms with Gasteiger partial charge in [-0.3, -0.25) is 9.20 Å². The van der Waals surface area contributed by atoms with E-state index in [0.29, 0.717) is 12.4 Å². The molecule has 0 aliphatic carbocycles. The van der Waals surface area contributed by atoms with Crippen LogP contribution in [0.15, 0.2) is 29.8 Å². The second-order valence-corrected chi connectivity index (χ2v) is 5.83. The van der Waals surface area contributed by atoms with E-state index in [9.17, 15) is 4.79 Å². The molecule has 114 valence electrons. The van der Waals surface area contributed by atoms with E-state index in [0.717, 1.165) is 16.3 Å². The van der Waals surface area contributed by atoms with Crippen LogP contribution >= 0.6 is 11.3 Å². The van der Waals surface area contributed by atoms with Crippen molar-refractivity contribution in [3.63, 3.8) is 0 Å². The quantitative estimate of drug-likeness (QED) is 0.733. The van der Waals surface area contributed by atoms with Gasteiger partial charge in [0.05, 0.1) is 18.2 Å². The molecule has 3 N–H and O–H groups in total. The van der Waals surface area contributed by atoms with Crippen LogP contribution in [0.2, 0.25) is 0 Å². The summed E-state index contributed by atoms with van der Waals surface area (Å²) in [5.74, 6) is 0.596. The van der Waals surface area contributed by atoms with Crippen molar-refractivity contribution in [3.05, 3.63) is 46.3 Å². The van der Waals surface area contributed by atoms with Crippen LogP contribution in [0, 0.1) is 0 Å². The fourth-order valence-electron chi connectivity index (χ4n) is 2.20. The minimum absolute atomic E-state index is 0.103. The first-order valence-electron chi connectivity index (χ1n) is 6.89. The number of pyridine rings is 1. The Morgan fingerprint density at radius 2 is 2.32 bits per heavy atom. The van der Waals surface area contributed by atoms with Crippen LogP contribution in [0.3, 0.4) is 0 Å². The summed E-state index contributed by atoms with van der Waals surface area (Å²) >= 11 is 1.47. The Kier molecular flexibility index (Phi) is 4.12. The van der Waals surface area contributed by atoms with Crippen LogP contribution < -0.4 is 11.1 Å². The molecule has 0 aliphatic rings. The van der Waals surface area contributed by atoms with Crippen LogP contribution in [0.4, 0.5) is 0 Å². The minimum Gasteiger partial charge on any atom is -0.346 e. The first kappa shape index (κ1) is 14.6. The van der Waals surface area contributed by atoms with Gasteiger partial charge in [0.1, 0.15) is 5.01 Å². The third kappa shape index (κ3) is 2.97. The molecular weight excluding hydrogens is 300 g/mol. The number of fused-ring (bicyclic) bond motifs is 1. The van der Waals surface area contributed by atoms with Gasteiger partial charge in [-0.1, -0.05) is 6.07 Å². The highest BCUT2D eigenvalue weighted by atomic mass is 32.1. The molecule has 22 heavy (non-hydrogen) atoms. The molecule has 0 fully saturated rings. The summed E-state index contributed by atoms with van der Waals surface area (Å²) in [7, 11) is 0. The molecule has 0 radical (unpaired) electrons. The maximum Gasteiger partial charge on any atom is 0.226 e. The molecule has 7 nitrogen and oxygen atoms in total. The molecule has 0 saturated carbocycles. The molecular formula is C14H16N6OS. The number of carbonyl (C=O) groups is 1. The molecule has 3 aromatic heterocycles. The third-order valence-electron chi connectivity index (χ3n) is 3.22. The zero-order valence-electron chi connectivity index (χ0n) is 12.1. The molecule has 1 unspecified atom stereocenters. The molecule has 3 aromatic rings. The van der Waals surface area contributed by atoms with Crippen molar-refractivity contribution in [1.82, 2.24) is 24.9 Å². The third-order valence-corrected chi connectivity index (χ3v) is 4.14. The van der Waals surface area contributed by atoms with Crippen LogP contribution in [0.1, 0.15) is 29.5 Å². The first-order chi connectivity index (χ1) is 10.7. The summed E-state index contributed by atoms with van der Waals surface area (Å²) < 4.78 is 1.86. The smallest absolute Gasteiger partial charge is 0.226 e. The molecule has 0 aliphatic heterocycles. The van der Waals surface area contributed by atoms with Crippen molar-refractivity contribution in [3.8, 4) is 0 Å². The van der Waals surface area contributed by atoms with Crippen LogP contribution in [-0.4, -0.2) is 25.5 Å². The lowest BCUT2D eigenvalue weighted by atomic mass is 10.2. The number of aromatic nitrogens is 4. The van der Waals surface area contributed by atoms with Gasteiger partial charge in [0.2, 0.25) is 5.91 Å². The normalized spacial score (nSPS) is 12.5. The number of rotatable bonds is 5. The van der Waals surface area contributed by atoms with Gasteiger partial charge in [0.25, 0.3) is 0 Å². The van der Waals surface area contributed by atoms with E-state index >= 15 is 0 Å². The highest BCUT2D eigenvalue weighted by molar-refractivity contribution is 7.09. The lowest BCUT2D eigenvalue weighted by molar-refractivity contribution is -0.121. The maximum absolute atomic E-state index is 12.1. The Labute approximate surface area is 131 Å². The predicted octanol–water partition coefficient (Wildman–Crippen LogP) is 1.06. The summed E-state index contributed by atoms with van der Waals surface area (Å²) in [6.45, 7) is 2.28. The highest BCUT2D eigenvalue weighted by Crippen LogP contribution is 2.13. The van der Waals surface area contributed by atoms with E-state index in [1.165, 1.54) is 11.3 Å². The van der Waals surface area contributed by atoms with Crippen molar-refractivity contribution in [1.29, 1.82) is 0 Å². The Morgan fingerprint density at radius 3 is 3.09 bits per heavy atom. The highest BCUT2D eigenvalue weighted by Gasteiger charge is 2.16. The molecule has 0 saturated heterocycles. The second-order valence-electron chi connectivity index (χ2n) is 4.89. The topological polar surface area (TPSA) is 98.2 Å². The van der Waals surface area contributed by atoms with E-state index < -0.39 is 0 Å². The van der Waals surface area contributed by atoms with Crippen LogP contribution in [-0.2, 0) is 17.8 Å². The molecule has 1 atom stereocenters. The SMILES string of the molecule is CC(NC(=O)Cc1csc(CN)n1)c1nnc2ccccn12. The van der Waals surface area contributed by atoms with Gasteiger partial charge in [-0.15, -0.1) is 21.5 Å². The summed E-state index contributed by atoms with van der Waals surface area (Å²) in [5, 5.41) is 13.8. The van der Waals surface area contributed by atoms with E-state index in [-0.39, 0.29) is 18.4 Å². The molecule has 3 rings (SSSR count). The van der Waals surface area contributed by atoms with Gasteiger partial charge >= 0.3 is 0 Å². The summed E-state index contributed by atoms with van der Waals surface area (Å²) in [4.78, 5) is 16.4. The average Bonchev–Trinajstić information content (AvgIpc) is 3.13. The largest absolute Gasteiger partial charge is 0.346 e. The molecule has 3 heterocycles. The Hall–Kier alpha value is -2.32. The van der Waals surface area contributed by atoms with Crippen molar-refractivity contribution in [2.24, 2.45) is 5.73 Å². The lowest BCUT2D eigenvalue weighted by Crippen LogP contribution is -2.29. The standard InChI is InChI=1S/C14H16N6OS/c1-9(14-19-18-11-4-2-3-5-20(11)14)16-12(21)6-10-8-22-13(7-15)17-10/h2-5,8-9H,6-7,15H2,1H3,(H,16,21). The zero-order chi connectivity index (χ0) is 15.5. The Bertz CT molecular complexity index is 795. The predicted molar refractivity (Wildman–Crippen MR) is 83.3 cm³/mol. The number of hydrogen-bond donors (Lipinski definition) is 2. The fraction of sp³-hybridized carbons (Fsp3) is 0.286. The first-order valence-corrected chi connectivity index (χ1v) is 7.77. The number of amides is 1. The number of hydrogen-bond acceptors (Lipinski definition) is 6. The van der Waals surface area contributed by atoms with E-state index in [1.807, 2.05) is 41.1 Å². The lowest BCUT2D eigenvalue weighted by Gasteiger charge is -2.11. The van der Waals surface area contributed by atoms with Gasteiger partial charge in [0.15, 0.2) is 11.5 Å². The molecule has 0 bridgehead atoms. The Morgan fingerprint density at radius 1 is 1.45 bits per heavy atom. The second kappa shape index (κ2) is 6.20.